The molecule has 0 aliphatic heterocycles. The number of nitrogens with one attached hydrogen (secondary N) is 1. The number of halogens is 1. The summed E-state index contributed by atoms with van der Waals surface area (Å²) in [5.41, 5.74) is 1.20. The Labute approximate surface area is 118 Å². The summed E-state index contributed by atoms with van der Waals surface area (Å²) in [7, 11) is 0. The molecule has 2 aromatic rings. The van der Waals surface area contributed by atoms with E-state index >= 15 is 0 Å². The highest BCUT2D eigenvalue weighted by Crippen LogP contribution is 2.32. The second kappa shape index (κ2) is 6.31. The zero-order valence-electron chi connectivity index (χ0n) is 11.5. The van der Waals surface area contributed by atoms with Crippen molar-refractivity contribution in [2.45, 2.75) is 32.7 Å². The van der Waals surface area contributed by atoms with Gasteiger partial charge in [-0.3, -0.25) is 0 Å². The van der Waals surface area contributed by atoms with Gasteiger partial charge in [-0.15, -0.1) is 17.9 Å². The first-order valence-electron chi connectivity index (χ1n) is 6.67. The molecular weight excluding hydrogens is 257 g/mol. The lowest BCUT2D eigenvalue weighted by Gasteiger charge is -2.16. The standard InChI is InChI=1S/C16H20FNS/c1-4-18-14(7-5-11(2)3)16-10-12-9-13(17)6-8-15(12)19-16/h6,8-10,14,18H,2,4-5,7H2,1,3H3. The third-order valence-electron chi connectivity index (χ3n) is 3.15. The fraction of sp³-hybridized carbons (Fsp3) is 0.375. The molecule has 1 aromatic carbocycles. The Morgan fingerprint density at radius 1 is 1.42 bits per heavy atom. The molecule has 1 heterocycles. The van der Waals surface area contributed by atoms with Crippen LogP contribution >= 0.6 is 11.3 Å². The molecule has 19 heavy (non-hydrogen) atoms. The summed E-state index contributed by atoms with van der Waals surface area (Å²) in [6.07, 6.45) is 2.05. The maximum absolute atomic E-state index is 13.2. The van der Waals surface area contributed by atoms with Gasteiger partial charge in [0.25, 0.3) is 0 Å². The molecule has 1 atom stereocenters. The van der Waals surface area contributed by atoms with E-state index in [1.165, 1.54) is 16.5 Å². The minimum absolute atomic E-state index is 0.168. The highest BCUT2D eigenvalue weighted by atomic mass is 32.1. The molecule has 1 N–H and O–H groups in total. The van der Waals surface area contributed by atoms with Gasteiger partial charge in [0.1, 0.15) is 5.82 Å². The highest BCUT2D eigenvalue weighted by Gasteiger charge is 2.13. The smallest absolute Gasteiger partial charge is 0.123 e. The summed E-state index contributed by atoms with van der Waals surface area (Å²) in [5.74, 6) is -0.168. The molecule has 0 amide bonds. The monoisotopic (exact) mass is 277 g/mol. The summed E-state index contributed by atoms with van der Waals surface area (Å²) >= 11 is 1.75. The predicted octanol–water partition coefficient (Wildman–Crippen LogP) is 5.05. The van der Waals surface area contributed by atoms with Gasteiger partial charge in [-0.05, 0) is 56.0 Å². The van der Waals surface area contributed by atoms with Crippen LogP contribution in [0.15, 0.2) is 36.4 Å². The van der Waals surface area contributed by atoms with Crippen LogP contribution in [0.25, 0.3) is 10.1 Å². The van der Waals surface area contributed by atoms with Gasteiger partial charge >= 0.3 is 0 Å². The van der Waals surface area contributed by atoms with Crippen molar-refractivity contribution in [2.75, 3.05) is 6.54 Å². The summed E-state index contributed by atoms with van der Waals surface area (Å²) < 4.78 is 14.4. The minimum atomic E-state index is -0.168. The van der Waals surface area contributed by atoms with E-state index in [2.05, 4.69) is 31.8 Å². The first kappa shape index (κ1) is 14.2. The average molecular weight is 277 g/mol. The summed E-state index contributed by atoms with van der Waals surface area (Å²) in [6, 6.07) is 7.44. The molecule has 2 rings (SSSR count). The van der Waals surface area contributed by atoms with Crippen LogP contribution < -0.4 is 5.32 Å². The van der Waals surface area contributed by atoms with Crippen molar-refractivity contribution < 1.29 is 4.39 Å². The van der Waals surface area contributed by atoms with Crippen molar-refractivity contribution in [3.63, 3.8) is 0 Å². The lowest BCUT2D eigenvalue weighted by Crippen LogP contribution is -2.19. The van der Waals surface area contributed by atoms with Crippen LogP contribution in [0.4, 0.5) is 4.39 Å². The lowest BCUT2D eigenvalue weighted by molar-refractivity contribution is 0.522. The van der Waals surface area contributed by atoms with Crippen molar-refractivity contribution in [3.05, 3.63) is 47.1 Å². The lowest BCUT2D eigenvalue weighted by atomic mass is 10.1. The third-order valence-corrected chi connectivity index (χ3v) is 4.38. The highest BCUT2D eigenvalue weighted by molar-refractivity contribution is 7.19. The van der Waals surface area contributed by atoms with Gasteiger partial charge in [-0.2, -0.15) is 0 Å². The summed E-state index contributed by atoms with van der Waals surface area (Å²) in [6.45, 7) is 9.07. The molecule has 0 fully saturated rings. The first-order chi connectivity index (χ1) is 9.10. The zero-order chi connectivity index (χ0) is 13.8. The fourth-order valence-electron chi connectivity index (χ4n) is 2.19. The van der Waals surface area contributed by atoms with Crippen LogP contribution in [0, 0.1) is 5.82 Å². The van der Waals surface area contributed by atoms with Crippen molar-refractivity contribution in [2.24, 2.45) is 0 Å². The Morgan fingerprint density at radius 2 is 2.21 bits per heavy atom. The van der Waals surface area contributed by atoms with E-state index < -0.39 is 0 Å². The van der Waals surface area contributed by atoms with Gasteiger partial charge in [0.15, 0.2) is 0 Å². The van der Waals surface area contributed by atoms with Crippen molar-refractivity contribution in [3.8, 4) is 0 Å². The van der Waals surface area contributed by atoms with Crippen LogP contribution in [0.1, 0.15) is 37.6 Å². The van der Waals surface area contributed by atoms with Gasteiger partial charge in [0.05, 0.1) is 0 Å². The number of hydrogen-bond acceptors (Lipinski definition) is 2. The second-order valence-corrected chi connectivity index (χ2v) is 6.05. The van der Waals surface area contributed by atoms with E-state index in [1.54, 1.807) is 17.4 Å². The van der Waals surface area contributed by atoms with E-state index in [4.69, 9.17) is 0 Å². The number of fused-ring (bicyclic) bond motifs is 1. The van der Waals surface area contributed by atoms with Gasteiger partial charge in [0.2, 0.25) is 0 Å². The van der Waals surface area contributed by atoms with Gasteiger partial charge in [-0.1, -0.05) is 12.5 Å². The van der Waals surface area contributed by atoms with Crippen LogP contribution in [0.5, 0.6) is 0 Å². The Morgan fingerprint density at radius 3 is 2.89 bits per heavy atom. The molecule has 0 saturated heterocycles. The average Bonchev–Trinajstić information content (AvgIpc) is 2.76. The normalized spacial score (nSPS) is 12.8. The number of benzene rings is 1. The maximum atomic E-state index is 13.2. The largest absolute Gasteiger partial charge is 0.310 e. The molecule has 1 nitrogen and oxygen atoms in total. The molecule has 102 valence electrons. The van der Waals surface area contributed by atoms with E-state index in [0.717, 1.165) is 29.5 Å². The summed E-state index contributed by atoms with van der Waals surface area (Å²) in [4.78, 5) is 1.28. The predicted molar refractivity (Wildman–Crippen MR) is 82.2 cm³/mol. The van der Waals surface area contributed by atoms with Crippen LogP contribution in [0.2, 0.25) is 0 Å². The molecule has 0 aliphatic rings. The minimum Gasteiger partial charge on any atom is -0.310 e. The molecule has 0 bridgehead atoms. The molecule has 1 unspecified atom stereocenters. The van der Waals surface area contributed by atoms with E-state index in [1.807, 2.05) is 6.07 Å². The van der Waals surface area contributed by atoms with Crippen molar-refractivity contribution >= 4 is 21.4 Å². The Bertz CT molecular complexity index is 573. The Balaban J connectivity index is 2.25. The van der Waals surface area contributed by atoms with Gasteiger partial charge in [-0.25, -0.2) is 4.39 Å². The van der Waals surface area contributed by atoms with Crippen LogP contribution in [0.3, 0.4) is 0 Å². The molecule has 0 radical (unpaired) electrons. The van der Waals surface area contributed by atoms with E-state index in [-0.39, 0.29) is 5.82 Å². The Hall–Kier alpha value is -1.19. The fourth-order valence-corrected chi connectivity index (χ4v) is 3.34. The number of hydrogen-bond donors (Lipinski definition) is 1. The van der Waals surface area contributed by atoms with Crippen molar-refractivity contribution in [1.82, 2.24) is 5.32 Å². The van der Waals surface area contributed by atoms with Crippen LogP contribution in [-0.2, 0) is 0 Å². The molecule has 0 spiro atoms. The first-order valence-corrected chi connectivity index (χ1v) is 7.48. The summed E-state index contributed by atoms with van der Waals surface area (Å²) in [5, 5.41) is 4.50. The number of rotatable bonds is 6. The molecule has 0 saturated carbocycles. The van der Waals surface area contributed by atoms with Gasteiger partial charge in [0, 0.05) is 15.6 Å². The molecule has 3 heteroatoms. The van der Waals surface area contributed by atoms with E-state index in [0.29, 0.717) is 6.04 Å². The number of thiophene rings is 1. The molecular formula is C16H20FNS. The molecule has 0 aliphatic carbocycles. The zero-order valence-corrected chi connectivity index (χ0v) is 12.3. The van der Waals surface area contributed by atoms with Crippen molar-refractivity contribution in [1.29, 1.82) is 0 Å². The van der Waals surface area contributed by atoms with Gasteiger partial charge < -0.3 is 5.32 Å². The maximum Gasteiger partial charge on any atom is 0.123 e. The van der Waals surface area contributed by atoms with Crippen LogP contribution in [-0.4, -0.2) is 6.54 Å². The Kier molecular flexibility index (Phi) is 4.72. The second-order valence-electron chi connectivity index (χ2n) is 4.94. The SMILES string of the molecule is C=C(C)CCC(NCC)c1cc2cc(F)ccc2s1. The van der Waals surface area contributed by atoms with E-state index in [9.17, 15) is 4.39 Å². The topological polar surface area (TPSA) is 12.0 Å². The third kappa shape index (κ3) is 3.64. The molecule has 1 aromatic heterocycles. The number of allylic oxidation sites excluding steroid dienone is 1. The quantitative estimate of drug-likeness (QED) is 0.729.